The number of amides is 1. The first kappa shape index (κ1) is 11.9. The van der Waals surface area contributed by atoms with E-state index in [1.807, 2.05) is 25.2 Å². The monoisotopic (exact) mass is 253 g/mol. The molecule has 0 atom stereocenters. The molecule has 0 aliphatic carbocycles. The largest absolute Gasteiger partial charge is 0.326 e. The van der Waals surface area contributed by atoms with E-state index in [-0.39, 0.29) is 5.91 Å². The van der Waals surface area contributed by atoms with Crippen LogP contribution in [0.4, 0.5) is 5.69 Å². The van der Waals surface area contributed by atoms with Gasteiger partial charge in [-0.3, -0.25) is 9.78 Å². The highest BCUT2D eigenvalue weighted by Gasteiger charge is 2.24. The molecular weight excluding hydrogens is 238 g/mol. The number of hydrogen-bond donors (Lipinski definition) is 1. The van der Waals surface area contributed by atoms with E-state index >= 15 is 0 Å². The van der Waals surface area contributed by atoms with Crippen LogP contribution in [0.25, 0.3) is 11.1 Å². The van der Waals surface area contributed by atoms with Crippen molar-refractivity contribution in [3.05, 3.63) is 47.8 Å². The Morgan fingerprint density at radius 1 is 1.37 bits per heavy atom. The van der Waals surface area contributed by atoms with Crippen molar-refractivity contribution in [2.75, 3.05) is 11.9 Å². The summed E-state index contributed by atoms with van der Waals surface area (Å²) in [5.74, 6) is 0.140. The fourth-order valence-electron chi connectivity index (χ4n) is 2.51. The molecule has 96 valence electrons. The minimum absolute atomic E-state index is 0.140. The maximum absolute atomic E-state index is 11.7. The molecule has 1 aliphatic rings. The molecule has 1 aromatic heterocycles. The molecule has 2 heterocycles. The van der Waals surface area contributed by atoms with Gasteiger partial charge in [-0.25, -0.2) is 0 Å². The third-order valence-corrected chi connectivity index (χ3v) is 3.59. The van der Waals surface area contributed by atoms with Crippen LogP contribution in [0.5, 0.6) is 0 Å². The van der Waals surface area contributed by atoms with Gasteiger partial charge in [-0.15, -0.1) is 0 Å². The number of anilines is 1. The Labute approximate surface area is 111 Å². The van der Waals surface area contributed by atoms with Crippen molar-refractivity contribution >= 4 is 11.6 Å². The Balaban J connectivity index is 2.09. The predicted molar refractivity (Wildman–Crippen MR) is 74.7 cm³/mol. The van der Waals surface area contributed by atoms with Gasteiger partial charge in [-0.2, -0.15) is 0 Å². The number of pyridine rings is 1. The van der Waals surface area contributed by atoms with Crippen molar-refractivity contribution in [1.29, 1.82) is 0 Å². The lowest BCUT2D eigenvalue weighted by atomic mass is 9.99. The molecule has 4 heteroatoms. The zero-order valence-corrected chi connectivity index (χ0v) is 10.8. The third kappa shape index (κ3) is 1.90. The molecule has 2 N–H and O–H groups in total. The minimum Gasteiger partial charge on any atom is -0.326 e. The van der Waals surface area contributed by atoms with Gasteiger partial charge >= 0.3 is 0 Å². The molecule has 3 rings (SSSR count). The number of rotatable bonds is 2. The van der Waals surface area contributed by atoms with E-state index in [0.29, 0.717) is 13.0 Å². The number of benzene rings is 1. The highest BCUT2D eigenvalue weighted by Crippen LogP contribution is 2.32. The number of nitrogens with zero attached hydrogens (tertiary/aromatic N) is 2. The molecule has 4 nitrogen and oxygen atoms in total. The summed E-state index contributed by atoms with van der Waals surface area (Å²) in [6.07, 6.45) is 4.03. The zero-order valence-electron chi connectivity index (χ0n) is 10.8. The molecular formula is C15H15N3O. The topological polar surface area (TPSA) is 59.2 Å². The fourth-order valence-corrected chi connectivity index (χ4v) is 2.51. The first-order chi connectivity index (χ1) is 9.20. The van der Waals surface area contributed by atoms with Crippen LogP contribution < -0.4 is 10.6 Å². The Morgan fingerprint density at radius 3 is 3.00 bits per heavy atom. The number of carbonyl (C=O) groups excluding carboxylic acids is 1. The van der Waals surface area contributed by atoms with Crippen molar-refractivity contribution in [3.8, 4) is 11.1 Å². The second kappa shape index (κ2) is 4.48. The summed E-state index contributed by atoms with van der Waals surface area (Å²) in [6, 6.07) is 8.06. The molecule has 19 heavy (non-hydrogen) atoms. The maximum Gasteiger partial charge on any atom is 0.231 e. The van der Waals surface area contributed by atoms with E-state index in [1.165, 1.54) is 0 Å². The van der Waals surface area contributed by atoms with Crippen LogP contribution in [0.1, 0.15) is 11.1 Å². The van der Waals surface area contributed by atoms with Crippen LogP contribution in [0.3, 0.4) is 0 Å². The van der Waals surface area contributed by atoms with Crippen molar-refractivity contribution in [3.63, 3.8) is 0 Å². The van der Waals surface area contributed by atoms with Crippen molar-refractivity contribution < 1.29 is 4.79 Å². The Hall–Kier alpha value is -2.20. The first-order valence-electron chi connectivity index (χ1n) is 6.23. The quantitative estimate of drug-likeness (QED) is 0.886. The molecule has 0 saturated carbocycles. The van der Waals surface area contributed by atoms with E-state index in [9.17, 15) is 4.79 Å². The summed E-state index contributed by atoms with van der Waals surface area (Å²) >= 11 is 0. The summed E-state index contributed by atoms with van der Waals surface area (Å²) in [4.78, 5) is 17.5. The summed E-state index contributed by atoms with van der Waals surface area (Å²) in [5.41, 5.74) is 11.0. The maximum atomic E-state index is 11.7. The second-order valence-corrected chi connectivity index (χ2v) is 4.71. The first-order valence-corrected chi connectivity index (χ1v) is 6.23. The van der Waals surface area contributed by atoms with Gasteiger partial charge in [-0.05, 0) is 40.5 Å². The lowest BCUT2D eigenvalue weighted by Crippen LogP contribution is -2.20. The third-order valence-electron chi connectivity index (χ3n) is 3.59. The van der Waals surface area contributed by atoms with Crippen LogP contribution >= 0.6 is 0 Å². The van der Waals surface area contributed by atoms with Crippen LogP contribution in [0.15, 0.2) is 36.7 Å². The minimum atomic E-state index is 0.140. The van der Waals surface area contributed by atoms with Gasteiger partial charge in [-0.1, -0.05) is 6.07 Å². The van der Waals surface area contributed by atoms with Crippen molar-refractivity contribution in [2.45, 2.75) is 13.0 Å². The van der Waals surface area contributed by atoms with E-state index in [1.54, 1.807) is 17.3 Å². The van der Waals surface area contributed by atoms with Crippen molar-refractivity contribution in [2.24, 2.45) is 5.73 Å². The summed E-state index contributed by atoms with van der Waals surface area (Å²) in [7, 11) is 1.81. The van der Waals surface area contributed by atoms with Gasteiger partial charge in [0.1, 0.15) is 0 Å². The van der Waals surface area contributed by atoms with Crippen molar-refractivity contribution in [1.82, 2.24) is 4.98 Å². The number of hydrogen-bond acceptors (Lipinski definition) is 3. The number of likely N-dealkylation sites (N-methyl/N-ethyl adjacent to an activating group) is 1. The lowest BCUT2D eigenvalue weighted by Gasteiger charge is -2.12. The van der Waals surface area contributed by atoms with Gasteiger partial charge in [0, 0.05) is 31.7 Å². The highest BCUT2D eigenvalue weighted by molar-refractivity contribution is 6.01. The van der Waals surface area contributed by atoms with Crippen LogP contribution in [0.2, 0.25) is 0 Å². The van der Waals surface area contributed by atoms with E-state index in [0.717, 1.165) is 27.9 Å². The second-order valence-electron chi connectivity index (χ2n) is 4.71. The molecule has 0 unspecified atom stereocenters. The smallest absolute Gasteiger partial charge is 0.231 e. The molecule has 0 spiro atoms. The molecule has 0 saturated heterocycles. The summed E-state index contributed by atoms with van der Waals surface area (Å²) in [5, 5.41) is 0. The molecule has 0 radical (unpaired) electrons. The molecule has 1 aliphatic heterocycles. The Bertz CT molecular complexity index is 652. The molecule has 1 amide bonds. The van der Waals surface area contributed by atoms with Gasteiger partial charge in [0.05, 0.1) is 6.42 Å². The Kier molecular flexibility index (Phi) is 2.80. The van der Waals surface area contributed by atoms with Gasteiger partial charge < -0.3 is 10.6 Å². The zero-order chi connectivity index (χ0) is 13.4. The number of aromatic nitrogens is 1. The SMILES string of the molecule is CN1C(=O)Cc2cc(-c3ccncc3CN)ccc21. The van der Waals surface area contributed by atoms with Gasteiger partial charge in [0.2, 0.25) is 5.91 Å². The fraction of sp³-hybridized carbons (Fsp3) is 0.200. The average molecular weight is 253 g/mol. The van der Waals surface area contributed by atoms with E-state index < -0.39 is 0 Å². The molecule has 0 bridgehead atoms. The normalized spacial score (nSPS) is 13.8. The van der Waals surface area contributed by atoms with E-state index in [2.05, 4.69) is 11.1 Å². The number of carbonyl (C=O) groups is 1. The van der Waals surface area contributed by atoms with Gasteiger partial charge in [0.25, 0.3) is 0 Å². The average Bonchev–Trinajstić information content (AvgIpc) is 2.73. The number of nitrogens with two attached hydrogens (primary N) is 1. The summed E-state index contributed by atoms with van der Waals surface area (Å²) < 4.78 is 0. The number of fused-ring (bicyclic) bond motifs is 1. The lowest BCUT2D eigenvalue weighted by molar-refractivity contribution is -0.117. The molecule has 2 aromatic rings. The summed E-state index contributed by atoms with van der Waals surface area (Å²) in [6.45, 7) is 0.457. The van der Waals surface area contributed by atoms with E-state index in [4.69, 9.17) is 5.73 Å². The van der Waals surface area contributed by atoms with Crippen LogP contribution in [0, 0.1) is 0 Å². The van der Waals surface area contributed by atoms with Crippen LogP contribution in [-0.2, 0) is 17.8 Å². The standard InChI is InChI=1S/C15H15N3O/c1-18-14-3-2-10(6-11(14)7-15(18)19)13-4-5-17-9-12(13)8-16/h2-6,9H,7-8,16H2,1H3. The van der Waals surface area contributed by atoms with Crippen LogP contribution in [-0.4, -0.2) is 17.9 Å². The predicted octanol–water partition coefficient (Wildman–Crippen LogP) is 1.73. The highest BCUT2D eigenvalue weighted by atomic mass is 16.2. The molecule has 1 aromatic carbocycles. The molecule has 0 fully saturated rings. The van der Waals surface area contributed by atoms with Gasteiger partial charge in [0.15, 0.2) is 0 Å². The Morgan fingerprint density at radius 2 is 2.21 bits per heavy atom.